The second-order valence-corrected chi connectivity index (χ2v) is 7.12. The first-order chi connectivity index (χ1) is 13.3. The Balaban J connectivity index is 1.71. The normalized spacial score (nSPS) is 15.6. The van der Waals surface area contributed by atoms with Gasteiger partial charge in [0, 0.05) is 24.0 Å². The Morgan fingerprint density at radius 2 is 1.64 bits per heavy atom. The molecule has 3 N–H and O–H groups in total. The van der Waals surface area contributed by atoms with Crippen LogP contribution in [-0.2, 0) is 9.59 Å². The van der Waals surface area contributed by atoms with E-state index in [1.54, 1.807) is 35.2 Å². The Kier molecular flexibility index (Phi) is 5.63. The van der Waals surface area contributed by atoms with Crippen LogP contribution in [-0.4, -0.2) is 35.3 Å². The van der Waals surface area contributed by atoms with E-state index in [4.69, 9.17) is 0 Å². The fourth-order valence-electron chi connectivity index (χ4n) is 3.21. The number of nitrogens with zero attached hydrogens (tertiary/aromatic N) is 1. The summed E-state index contributed by atoms with van der Waals surface area (Å²) < 4.78 is 0. The van der Waals surface area contributed by atoms with Gasteiger partial charge < -0.3 is 20.9 Å². The predicted molar refractivity (Wildman–Crippen MR) is 109 cm³/mol. The lowest BCUT2D eigenvalue weighted by atomic mass is 10.0. The fourth-order valence-corrected chi connectivity index (χ4v) is 3.21. The van der Waals surface area contributed by atoms with E-state index in [-0.39, 0.29) is 36.3 Å². The van der Waals surface area contributed by atoms with Crippen molar-refractivity contribution in [1.82, 2.24) is 4.90 Å². The molecule has 3 rings (SSSR count). The molecule has 0 fully saturated rings. The van der Waals surface area contributed by atoms with Gasteiger partial charge in [-0.05, 0) is 42.3 Å². The molecule has 0 saturated carbocycles. The minimum Gasteiger partial charge on any atom is -0.364 e. The van der Waals surface area contributed by atoms with E-state index in [2.05, 4.69) is 16.0 Å². The first-order valence-corrected chi connectivity index (χ1v) is 9.19. The third-order valence-electron chi connectivity index (χ3n) is 4.49. The number of fused-ring (bicyclic) bond motifs is 1. The fraction of sp³-hybridized carbons (Fsp3) is 0.286. The summed E-state index contributed by atoms with van der Waals surface area (Å²) in [5.41, 5.74) is 2.60. The summed E-state index contributed by atoms with van der Waals surface area (Å²) in [6.45, 7) is 5.38. The van der Waals surface area contributed by atoms with Crippen LogP contribution in [0.3, 0.4) is 0 Å². The van der Waals surface area contributed by atoms with Gasteiger partial charge in [-0.1, -0.05) is 26.0 Å². The van der Waals surface area contributed by atoms with Gasteiger partial charge in [-0.3, -0.25) is 14.4 Å². The van der Waals surface area contributed by atoms with Crippen LogP contribution in [0.4, 0.5) is 17.1 Å². The molecule has 7 nitrogen and oxygen atoms in total. The number of carbonyl (C=O) groups excluding carboxylic acids is 3. The van der Waals surface area contributed by atoms with Crippen LogP contribution >= 0.6 is 0 Å². The number of benzene rings is 2. The average molecular weight is 380 g/mol. The van der Waals surface area contributed by atoms with Crippen molar-refractivity contribution in [3.8, 4) is 0 Å². The maximum absolute atomic E-state index is 12.9. The third-order valence-corrected chi connectivity index (χ3v) is 4.49. The highest BCUT2D eigenvalue weighted by Crippen LogP contribution is 2.28. The summed E-state index contributed by atoms with van der Waals surface area (Å²) in [6.07, 6.45) is -0.268. The molecular formula is C21H24N4O3. The molecule has 0 aliphatic carbocycles. The lowest BCUT2D eigenvalue weighted by Gasteiger charge is -2.39. The van der Waals surface area contributed by atoms with Crippen molar-refractivity contribution in [2.45, 2.75) is 26.9 Å². The zero-order chi connectivity index (χ0) is 20.3. The monoisotopic (exact) mass is 380 g/mol. The molecule has 0 spiro atoms. The van der Waals surface area contributed by atoms with E-state index in [1.165, 1.54) is 6.92 Å². The zero-order valence-electron chi connectivity index (χ0n) is 16.2. The number of rotatable bonds is 5. The Morgan fingerprint density at radius 1 is 1.04 bits per heavy atom. The minimum absolute atomic E-state index is 0.0591. The summed E-state index contributed by atoms with van der Waals surface area (Å²) in [4.78, 5) is 38.1. The summed E-state index contributed by atoms with van der Waals surface area (Å²) in [5, 5.41) is 8.83. The Morgan fingerprint density at radius 3 is 2.25 bits per heavy atom. The Bertz CT molecular complexity index is 893. The highest BCUT2D eigenvalue weighted by Gasteiger charge is 2.34. The van der Waals surface area contributed by atoms with Crippen molar-refractivity contribution in [2.75, 3.05) is 22.5 Å². The number of anilines is 3. The molecule has 1 aliphatic heterocycles. The molecule has 0 aromatic heterocycles. The Labute approximate surface area is 164 Å². The second kappa shape index (κ2) is 8.12. The molecule has 2 aromatic rings. The molecule has 2 aromatic carbocycles. The molecule has 1 heterocycles. The zero-order valence-corrected chi connectivity index (χ0v) is 16.2. The SMILES string of the molecule is CC(=O)Nc1ccc(NC(=O)CN2C(=O)c3ccccc3NC2C(C)C)cc1. The molecule has 0 saturated heterocycles. The summed E-state index contributed by atoms with van der Waals surface area (Å²) in [7, 11) is 0. The van der Waals surface area contributed by atoms with Gasteiger partial charge in [0.15, 0.2) is 0 Å². The van der Waals surface area contributed by atoms with Crippen molar-refractivity contribution in [3.63, 3.8) is 0 Å². The summed E-state index contributed by atoms with van der Waals surface area (Å²) >= 11 is 0. The van der Waals surface area contributed by atoms with Gasteiger partial charge in [-0.2, -0.15) is 0 Å². The topological polar surface area (TPSA) is 90.5 Å². The van der Waals surface area contributed by atoms with Gasteiger partial charge in [0.25, 0.3) is 5.91 Å². The number of hydrogen-bond donors (Lipinski definition) is 3. The largest absolute Gasteiger partial charge is 0.364 e. The molecule has 28 heavy (non-hydrogen) atoms. The first kappa shape index (κ1) is 19.4. The number of carbonyl (C=O) groups is 3. The number of amides is 3. The van der Waals surface area contributed by atoms with Crippen molar-refractivity contribution < 1.29 is 14.4 Å². The van der Waals surface area contributed by atoms with Crippen molar-refractivity contribution in [1.29, 1.82) is 0 Å². The number of hydrogen-bond acceptors (Lipinski definition) is 4. The quantitative estimate of drug-likeness (QED) is 0.743. The molecule has 146 valence electrons. The van der Waals surface area contributed by atoms with Crippen molar-refractivity contribution in [3.05, 3.63) is 54.1 Å². The number of nitrogens with one attached hydrogen (secondary N) is 3. The van der Waals surface area contributed by atoms with Gasteiger partial charge in [-0.25, -0.2) is 0 Å². The van der Waals surface area contributed by atoms with Gasteiger partial charge >= 0.3 is 0 Å². The predicted octanol–water partition coefficient (Wildman–Crippen LogP) is 3.13. The summed E-state index contributed by atoms with van der Waals surface area (Å²) in [6, 6.07) is 14.1. The van der Waals surface area contributed by atoms with Crippen LogP contribution in [0, 0.1) is 5.92 Å². The van der Waals surface area contributed by atoms with Crippen LogP contribution in [0.25, 0.3) is 0 Å². The second-order valence-electron chi connectivity index (χ2n) is 7.12. The van der Waals surface area contributed by atoms with Crippen molar-refractivity contribution in [2.24, 2.45) is 5.92 Å². The van der Waals surface area contributed by atoms with E-state index in [1.807, 2.05) is 32.0 Å². The molecule has 1 aliphatic rings. The van der Waals surface area contributed by atoms with E-state index in [0.29, 0.717) is 16.9 Å². The summed E-state index contributed by atoms with van der Waals surface area (Å²) in [5.74, 6) is -0.480. The lowest BCUT2D eigenvalue weighted by Crippen LogP contribution is -2.53. The molecule has 7 heteroatoms. The van der Waals surface area contributed by atoms with Crippen LogP contribution in [0.2, 0.25) is 0 Å². The average Bonchev–Trinajstić information content (AvgIpc) is 2.65. The smallest absolute Gasteiger partial charge is 0.258 e. The first-order valence-electron chi connectivity index (χ1n) is 9.19. The standard InChI is InChI=1S/C21H24N4O3/c1-13(2)20-24-18-7-5-4-6-17(18)21(28)25(20)12-19(27)23-16-10-8-15(9-11-16)22-14(3)26/h4-11,13,20,24H,12H2,1-3H3,(H,22,26)(H,23,27). The van der Waals surface area contributed by atoms with E-state index in [9.17, 15) is 14.4 Å². The van der Waals surface area contributed by atoms with E-state index >= 15 is 0 Å². The van der Waals surface area contributed by atoms with Gasteiger partial charge in [0.2, 0.25) is 11.8 Å². The lowest BCUT2D eigenvalue weighted by molar-refractivity contribution is -0.117. The molecule has 0 radical (unpaired) electrons. The Hall–Kier alpha value is -3.35. The van der Waals surface area contributed by atoms with Crippen LogP contribution in [0.5, 0.6) is 0 Å². The van der Waals surface area contributed by atoms with Gasteiger partial charge in [0.1, 0.15) is 12.7 Å². The molecule has 1 atom stereocenters. The number of para-hydroxylation sites is 1. The maximum atomic E-state index is 12.9. The van der Waals surface area contributed by atoms with Crippen LogP contribution < -0.4 is 16.0 Å². The van der Waals surface area contributed by atoms with Gasteiger partial charge in [0.05, 0.1) is 5.56 Å². The molecule has 3 amide bonds. The molecule has 0 bridgehead atoms. The highest BCUT2D eigenvalue weighted by molar-refractivity contribution is 6.04. The molecule has 1 unspecified atom stereocenters. The van der Waals surface area contributed by atoms with Crippen LogP contribution in [0.15, 0.2) is 48.5 Å². The van der Waals surface area contributed by atoms with Crippen molar-refractivity contribution >= 4 is 34.8 Å². The minimum atomic E-state index is -0.285. The van der Waals surface area contributed by atoms with Gasteiger partial charge in [-0.15, -0.1) is 0 Å². The van der Waals surface area contributed by atoms with E-state index < -0.39 is 0 Å². The third kappa shape index (κ3) is 4.31. The maximum Gasteiger partial charge on any atom is 0.258 e. The van der Waals surface area contributed by atoms with Crippen LogP contribution in [0.1, 0.15) is 31.1 Å². The molecular weight excluding hydrogens is 356 g/mol. The van der Waals surface area contributed by atoms with E-state index in [0.717, 1.165) is 5.69 Å². The highest BCUT2D eigenvalue weighted by atomic mass is 16.2.